The van der Waals surface area contributed by atoms with Gasteiger partial charge in [0.05, 0.1) is 11.4 Å². The van der Waals surface area contributed by atoms with Gasteiger partial charge in [-0.2, -0.15) is 5.10 Å². The summed E-state index contributed by atoms with van der Waals surface area (Å²) >= 11 is 0. The Hall–Kier alpha value is -0.920. The van der Waals surface area contributed by atoms with Crippen molar-refractivity contribution >= 4 is 10.0 Å². The first-order valence-electron chi connectivity index (χ1n) is 6.93. The number of aromatic amines is 1. The third-order valence-corrected chi connectivity index (χ3v) is 5.39. The predicted molar refractivity (Wildman–Crippen MR) is 77.8 cm³/mol. The van der Waals surface area contributed by atoms with E-state index in [1.54, 1.807) is 6.92 Å². The van der Waals surface area contributed by atoms with E-state index in [0.717, 1.165) is 6.42 Å². The molecule has 0 bridgehead atoms. The van der Waals surface area contributed by atoms with Crippen LogP contribution in [-0.4, -0.2) is 30.7 Å². The highest BCUT2D eigenvalue weighted by molar-refractivity contribution is 7.89. The average molecular weight is 300 g/mol. The summed E-state index contributed by atoms with van der Waals surface area (Å²) in [7, 11) is -3.52. The average Bonchev–Trinajstić information content (AvgIpc) is 2.70. The van der Waals surface area contributed by atoms with Crippen LogP contribution in [0.4, 0.5) is 0 Å². The lowest BCUT2D eigenvalue weighted by Crippen LogP contribution is -2.30. The Morgan fingerprint density at radius 2 is 2.05 bits per heavy atom. The molecule has 0 radical (unpaired) electrons. The van der Waals surface area contributed by atoms with Gasteiger partial charge in [-0.3, -0.25) is 5.10 Å². The van der Waals surface area contributed by atoms with E-state index in [1.807, 2.05) is 13.8 Å². The van der Waals surface area contributed by atoms with E-state index in [9.17, 15) is 8.42 Å². The van der Waals surface area contributed by atoms with Gasteiger partial charge in [0.25, 0.3) is 0 Å². The van der Waals surface area contributed by atoms with Crippen LogP contribution in [0, 0.1) is 12.3 Å². The first kappa shape index (κ1) is 15.5. The van der Waals surface area contributed by atoms with Crippen molar-refractivity contribution in [2.45, 2.75) is 64.6 Å². The molecule has 0 spiro atoms. The third-order valence-electron chi connectivity index (χ3n) is 3.72. The third kappa shape index (κ3) is 3.21. The Morgan fingerprint density at radius 3 is 2.55 bits per heavy atom. The quantitative estimate of drug-likeness (QED) is 0.739. The molecule has 1 atom stereocenters. The minimum Gasteiger partial charge on any atom is -0.309 e. The fraction of sp³-hybridized carbons (Fsp3) is 0.769. The van der Waals surface area contributed by atoms with Crippen LogP contribution in [0.2, 0.25) is 0 Å². The lowest BCUT2D eigenvalue weighted by molar-refractivity contribution is 0.548. The highest BCUT2D eigenvalue weighted by Gasteiger charge is 2.48. The Labute approximate surface area is 120 Å². The number of H-pyrrole nitrogens is 1. The summed E-state index contributed by atoms with van der Waals surface area (Å²) in [6, 6.07) is 0.297. The standard InChI is InChI=1S/C13H24N4O2S/c1-8(2)14-7-10-12(9(3)15-16-10)20(18,19)17-11-6-13(11,4)5/h8,11,14,17H,6-7H2,1-5H3,(H,15,16). The van der Waals surface area contributed by atoms with Crippen molar-refractivity contribution in [3.63, 3.8) is 0 Å². The minimum atomic E-state index is -3.52. The maximum atomic E-state index is 12.5. The van der Waals surface area contributed by atoms with Crippen molar-refractivity contribution in [3.8, 4) is 0 Å². The van der Waals surface area contributed by atoms with Gasteiger partial charge < -0.3 is 5.32 Å². The summed E-state index contributed by atoms with van der Waals surface area (Å²) in [5.41, 5.74) is 1.18. The second-order valence-electron chi connectivity index (χ2n) is 6.53. The highest BCUT2D eigenvalue weighted by Crippen LogP contribution is 2.45. The van der Waals surface area contributed by atoms with E-state index >= 15 is 0 Å². The summed E-state index contributed by atoms with van der Waals surface area (Å²) in [6.07, 6.45) is 0.878. The molecule has 1 aliphatic carbocycles. The van der Waals surface area contributed by atoms with E-state index in [2.05, 4.69) is 34.1 Å². The summed E-state index contributed by atoms with van der Waals surface area (Å²) in [6.45, 7) is 10.3. The normalized spacial score (nSPS) is 21.4. The molecule has 0 amide bonds. The molecule has 0 saturated heterocycles. The molecular weight excluding hydrogens is 276 g/mol. The molecule has 1 saturated carbocycles. The second kappa shape index (κ2) is 5.13. The van der Waals surface area contributed by atoms with Crippen LogP contribution >= 0.6 is 0 Å². The zero-order valence-electron chi connectivity index (χ0n) is 12.7. The van der Waals surface area contributed by atoms with Crippen molar-refractivity contribution in [1.29, 1.82) is 0 Å². The molecule has 7 heteroatoms. The maximum Gasteiger partial charge on any atom is 0.244 e. The summed E-state index contributed by atoms with van der Waals surface area (Å²) in [5, 5.41) is 10.1. The first-order valence-corrected chi connectivity index (χ1v) is 8.41. The molecule has 1 aromatic rings. The van der Waals surface area contributed by atoms with Crippen LogP contribution in [0.3, 0.4) is 0 Å². The van der Waals surface area contributed by atoms with Gasteiger partial charge in [0, 0.05) is 18.6 Å². The van der Waals surface area contributed by atoms with E-state index in [1.165, 1.54) is 0 Å². The number of nitrogens with zero attached hydrogens (tertiary/aromatic N) is 1. The molecular formula is C13H24N4O2S. The molecule has 20 heavy (non-hydrogen) atoms. The van der Waals surface area contributed by atoms with Crippen LogP contribution in [0.15, 0.2) is 4.90 Å². The van der Waals surface area contributed by atoms with Gasteiger partial charge in [0.2, 0.25) is 10.0 Å². The molecule has 114 valence electrons. The summed E-state index contributed by atoms with van der Waals surface area (Å²) in [4.78, 5) is 0.286. The van der Waals surface area contributed by atoms with Crippen LogP contribution in [0.5, 0.6) is 0 Å². The number of aryl methyl sites for hydroxylation is 1. The molecule has 1 unspecified atom stereocenters. The van der Waals surface area contributed by atoms with Crippen molar-refractivity contribution in [2.24, 2.45) is 5.41 Å². The van der Waals surface area contributed by atoms with Crippen molar-refractivity contribution in [1.82, 2.24) is 20.2 Å². The zero-order chi connectivity index (χ0) is 15.1. The van der Waals surface area contributed by atoms with Crippen molar-refractivity contribution in [3.05, 3.63) is 11.4 Å². The molecule has 2 rings (SSSR count). The van der Waals surface area contributed by atoms with E-state index in [0.29, 0.717) is 17.9 Å². The number of rotatable bonds is 6. The molecule has 0 aromatic carbocycles. The number of nitrogens with one attached hydrogen (secondary N) is 3. The maximum absolute atomic E-state index is 12.5. The monoisotopic (exact) mass is 300 g/mol. The van der Waals surface area contributed by atoms with Gasteiger partial charge in [-0.05, 0) is 18.8 Å². The molecule has 3 N–H and O–H groups in total. The fourth-order valence-corrected chi connectivity index (χ4v) is 3.93. The molecule has 0 aliphatic heterocycles. The summed E-state index contributed by atoms with van der Waals surface area (Å²) < 4.78 is 27.8. The second-order valence-corrected chi connectivity index (χ2v) is 8.18. The Morgan fingerprint density at radius 1 is 1.45 bits per heavy atom. The number of aromatic nitrogens is 2. The Bertz CT molecular complexity index is 590. The Balaban J connectivity index is 2.20. The largest absolute Gasteiger partial charge is 0.309 e. The van der Waals surface area contributed by atoms with Crippen LogP contribution in [-0.2, 0) is 16.6 Å². The first-order chi connectivity index (χ1) is 9.13. The number of hydrogen-bond acceptors (Lipinski definition) is 4. The van der Waals surface area contributed by atoms with Crippen LogP contribution in [0.25, 0.3) is 0 Å². The molecule has 1 heterocycles. The Kier molecular flexibility index (Phi) is 3.96. The lowest BCUT2D eigenvalue weighted by atomic mass is 10.2. The highest BCUT2D eigenvalue weighted by atomic mass is 32.2. The van der Waals surface area contributed by atoms with Crippen LogP contribution < -0.4 is 10.0 Å². The van der Waals surface area contributed by atoms with E-state index < -0.39 is 10.0 Å². The topological polar surface area (TPSA) is 86.9 Å². The van der Waals surface area contributed by atoms with Gasteiger partial charge in [-0.1, -0.05) is 27.7 Å². The smallest absolute Gasteiger partial charge is 0.244 e. The number of sulfonamides is 1. The molecule has 1 fully saturated rings. The summed E-state index contributed by atoms with van der Waals surface area (Å²) in [5.74, 6) is 0. The number of hydrogen-bond donors (Lipinski definition) is 3. The van der Waals surface area contributed by atoms with Crippen LogP contribution in [0.1, 0.15) is 45.5 Å². The molecule has 1 aliphatic rings. The van der Waals surface area contributed by atoms with Gasteiger partial charge >= 0.3 is 0 Å². The fourth-order valence-electron chi connectivity index (χ4n) is 2.16. The lowest BCUT2D eigenvalue weighted by Gasteiger charge is -2.11. The zero-order valence-corrected chi connectivity index (χ0v) is 13.6. The van der Waals surface area contributed by atoms with Crippen molar-refractivity contribution < 1.29 is 8.42 Å². The van der Waals surface area contributed by atoms with Gasteiger partial charge in [-0.25, -0.2) is 13.1 Å². The SMILES string of the molecule is Cc1[nH]nc(CNC(C)C)c1S(=O)(=O)NC1CC1(C)C. The molecule has 6 nitrogen and oxygen atoms in total. The van der Waals surface area contributed by atoms with Gasteiger partial charge in [0.15, 0.2) is 0 Å². The van der Waals surface area contributed by atoms with Gasteiger partial charge in [-0.15, -0.1) is 0 Å². The van der Waals surface area contributed by atoms with Crippen molar-refractivity contribution in [2.75, 3.05) is 0 Å². The minimum absolute atomic E-state index is 0.0210. The molecule has 1 aromatic heterocycles. The van der Waals surface area contributed by atoms with Gasteiger partial charge in [0.1, 0.15) is 4.90 Å². The van der Waals surface area contributed by atoms with E-state index in [4.69, 9.17) is 0 Å². The predicted octanol–water partition coefficient (Wildman–Crippen LogP) is 1.29. The van der Waals surface area contributed by atoms with E-state index in [-0.39, 0.29) is 22.4 Å².